The van der Waals surface area contributed by atoms with Crippen LogP contribution in [0.3, 0.4) is 0 Å². The lowest BCUT2D eigenvalue weighted by atomic mass is 10.0. The normalized spacial score (nSPS) is 14.1. The number of hydrogen-bond donors (Lipinski definition) is 1. The fourth-order valence-electron chi connectivity index (χ4n) is 2.16. The fraction of sp³-hybridized carbons (Fsp3) is 0.143. The third-order valence-electron chi connectivity index (χ3n) is 3.05. The van der Waals surface area contributed by atoms with Gasteiger partial charge >= 0.3 is 0 Å². The van der Waals surface area contributed by atoms with E-state index in [0.29, 0.717) is 30.3 Å². The first kappa shape index (κ1) is 13.0. The molecule has 0 unspecified atom stereocenters. The topological polar surface area (TPSA) is 78.6 Å². The molecule has 104 valence electrons. The van der Waals surface area contributed by atoms with Gasteiger partial charge in [0.15, 0.2) is 11.5 Å². The molecule has 5 nitrogen and oxygen atoms in total. The molecule has 0 fully saturated rings. The van der Waals surface area contributed by atoms with Crippen molar-refractivity contribution < 1.29 is 17.9 Å². The van der Waals surface area contributed by atoms with Crippen LogP contribution in [0.5, 0.6) is 11.5 Å². The van der Waals surface area contributed by atoms with Gasteiger partial charge in [-0.2, -0.15) is 0 Å². The van der Waals surface area contributed by atoms with Crippen LogP contribution in [0, 0.1) is 0 Å². The minimum atomic E-state index is -3.77. The Morgan fingerprint density at radius 2 is 1.65 bits per heavy atom. The zero-order valence-electron chi connectivity index (χ0n) is 10.6. The minimum Gasteiger partial charge on any atom is -0.486 e. The molecule has 1 aliphatic rings. The summed E-state index contributed by atoms with van der Waals surface area (Å²) >= 11 is 0. The van der Waals surface area contributed by atoms with Crippen molar-refractivity contribution in [3.8, 4) is 22.6 Å². The van der Waals surface area contributed by atoms with Crippen LogP contribution < -0.4 is 14.6 Å². The van der Waals surface area contributed by atoms with Gasteiger partial charge in [-0.1, -0.05) is 24.3 Å². The Morgan fingerprint density at radius 3 is 2.40 bits per heavy atom. The predicted octanol–water partition coefficient (Wildman–Crippen LogP) is 1.77. The van der Waals surface area contributed by atoms with Crippen LogP contribution in [0.2, 0.25) is 0 Å². The number of rotatable bonds is 2. The quantitative estimate of drug-likeness (QED) is 0.914. The molecule has 0 bridgehead atoms. The van der Waals surface area contributed by atoms with Gasteiger partial charge in [-0.25, -0.2) is 13.6 Å². The Morgan fingerprint density at radius 1 is 0.950 bits per heavy atom. The number of sulfonamides is 1. The second kappa shape index (κ2) is 4.81. The Labute approximate surface area is 117 Å². The van der Waals surface area contributed by atoms with E-state index >= 15 is 0 Å². The van der Waals surface area contributed by atoms with E-state index < -0.39 is 10.0 Å². The zero-order chi connectivity index (χ0) is 14.2. The zero-order valence-corrected chi connectivity index (χ0v) is 11.4. The molecule has 2 aromatic carbocycles. The van der Waals surface area contributed by atoms with Gasteiger partial charge in [-0.05, 0) is 23.8 Å². The molecular weight excluding hydrogens is 278 g/mol. The van der Waals surface area contributed by atoms with Crippen LogP contribution in [0.1, 0.15) is 0 Å². The van der Waals surface area contributed by atoms with E-state index in [9.17, 15) is 8.42 Å². The fourth-order valence-corrected chi connectivity index (χ4v) is 2.92. The highest BCUT2D eigenvalue weighted by atomic mass is 32.2. The second-order valence-electron chi connectivity index (χ2n) is 4.40. The summed E-state index contributed by atoms with van der Waals surface area (Å²) in [5.74, 6) is 1.27. The summed E-state index contributed by atoms with van der Waals surface area (Å²) in [5, 5.41) is 5.25. The molecule has 2 N–H and O–H groups in total. The lowest BCUT2D eigenvalue weighted by Crippen LogP contribution is -2.15. The Hall–Kier alpha value is -2.05. The first-order valence-electron chi connectivity index (χ1n) is 6.07. The van der Waals surface area contributed by atoms with Gasteiger partial charge in [-0.15, -0.1) is 0 Å². The van der Waals surface area contributed by atoms with Gasteiger partial charge in [0.2, 0.25) is 10.0 Å². The summed E-state index contributed by atoms with van der Waals surface area (Å²) in [6.07, 6.45) is 0. The third kappa shape index (κ3) is 2.35. The van der Waals surface area contributed by atoms with Crippen LogP contribution in [0.15, 0.2) is 47.4 Å². The molecular formula is C14H13NO4S. The maximum atomic E-state index is 11.6. The first-order chi connectivity index (χ1) is 9.55. The lowest BCUT2D eigenvalue weighted by molar-refractivity contribution is 0.171. The van der Waals surface area contributed by atoms with Crippen molar-refractivity contribution in [2.75, 3.05) is 13.2 Å². The average Bonchev–Trinajstić information content (AvgIpc) is 2.46. The summed E-state index contributed by atoms with van der Waals surface area (Å²) in [6, 6.07) is 11.9. The molecule has 0 aromatic heterocycles. The van der Waals surface area contributed by atoms with E-state index in [-0.39, 0.29) is 4.90 Å². The predicted molar refractivity (Wildman–Crippen MR) is 74.2 cm³/mol. The van der Waals surface area contributed by atoms with Gasteiger partial charge < -0.3 is 9.47 Å². The molecule has 0 amide bonds. The number of primary sulfonamides is 1. The number of ether oxygens (including phenoxy) is 2. The number of nitrogens with two attached hydrogens (primary N) is 1. The van der Waals surface area contributed by atoms with E-state index in [1.807, 2.05) is 0 Å². The summed E-state index contributed by atoms with van der Waals surface area (Å²) in [6.45, 7) is 0.993. The van der Waals surface area contributed by atoms with E-state index in [1.165, 1.54) is 6.07 Å². The molecule has 0 aliphatic carbocycles. The van der Waals surface area contributed by atoms with Gasteiger partial charge in [0.25, 0.3) is 0 Å². The molecule has 3 rings (SSSR count). The summed E-state index contributed by atoms with van der Waals surface area (Å²) < 4.78 is 34.2. The number of hydrogen-bond acceptors (Lipinski definition) is 4. The monoisotopic (exact) mass is 291 g/mol. The highest BCUT2D eigenvalue weighted by molar-refractivity contribution is 7.89. The molecule has 2 aromatic rings. The standard InChI is InChI=1S/C14H13NO4S/c15-20(16,17)14-4-2-1-3-11(14)10-5-6-12-13(9-10)19-8-7-18-12/h1-6,9H,7-8H2,(H2,15,16,17). The molecule has 0 radical (unpaired) electrons. The summed E-state index contributed by atoms with van der Waals surface area (Å²) in [7, 11) is -3.77. The highest BCUT2D eigenvalue weighted by Gasteiger charge is 2.17. The number of fused-ring (bicyclic) bond motifs is 1. The maximum Gasteiger partial charge on any atom is 0.238 e. The van der Waals surface area contributed by atoms with E-state index in [4.69, 9.17) is 14.6 Å². The Kier molecular flexibility index (Phi) is 3.11. The minimum absolute atomic E-state index is 0.0941. The SMILES string of the molecule is NS(=O)(=O)c1ccccc1-c1ccc2c(c1)OCCO2. The van der Waals surface area contributed by atoms with E-state index in [1.54, 1.807) is 36.4 Å². The van der Waals surface area contributed by atoms with Gasteiger partial charge in [-0.3, -0.25) is 0 Å². The van der Waals surface area contributed by atoms with Crippen LogP contribution in [-0.4, -0.2) is 21.6 Å². The van der Waals surface area contributed by atoms with E-state index in [0.717, 1.165) is 5.56 Å². The van der Waals surface area contributed by atoms with Gasteiger partial charge in [0, 0.05) is 5.56 Å². The molecule has 20 heavy (non-hydrogen) atoms. The van der Waals surface area contributed by atoms with Crippen molar-refractivity contribution >= 4 is 10.0 Å². The van der Waals surface area contributed by atoms with Gasteiger partial charge in [0.1, 0.15) is 13.2 Å². The van der Waals surface area contributed by atoms with Gasteiger partial charge in [0.05, 0.1) is 4.90 Å². The number of benzene rings is 2. The van der Waals surface area contributed by atoms with Crippen LogP contribution in [-0.2, 0) is 10.0 Å². The molecule has 1 heterocycles. The molecule has 1 aliphatic heterocycles. The van der Waals surface area contributed by atoms with Crippen LogP contribution >= 0.6 is 0 Å². The Balaban J connectivity index is 2.15. The van der Waals surface area contributed by atoms with Crippen molar-refractivity contribution in [3.05, 3.63) is 42.5 Å². The largest absolute Gasteiger partial charge is 0.486 e. The van der Waals surface area contributed by atoms with Crippen LogP contribution in [0.25, 0.3) is 11.1 Å². The lowest BCUT2D eigenvalue weighted by Gasteiger charge is -2.19. The highest BCUT2D eigenvalue weighted by Crippen LogP contribution is 2.36. The molecule has 0 saturated heterocycles. The third-order valence-corrected chi connectivity index (χ3v) is 4.02. The maximum absolute atomic E-state index is 11.6. The molecule has 0 spiro atoms. The van der Waals surface area contributed by atoms with Crippen molar-refractivity contribution in [2.24, 2.45) is 5.14 Å². The van der Waals surface area contributed by atoms with Crippen molar-refractivity contribution in [2.45, 2.75) is 4.90 Å². The van der Waals surface area contributed by atoms with Crippen molar-refractivity contribution in [1.82, 2.24) is 0 Å². The van der Waals surface area contributed by atoms with Crippen LogP contribution in [0.4, 0.5) is 0 Å². The summed E-state index contributed by atoms with van der Waals surface area (Å²) in [5.41, 5.74) is 1.27. The average molecular weight is 291 g/mol. The Bertz CT molecular complexity index is 756. The second-order valence-corrected chi connectivity index (χ2v) is 5.93. The first-order valence-corrected chi connectivity index (χ1v) is 7.62. The van der Waals surface area contributed by atoms with E-state index in [2.05, 4.69) is 0 Å². The smallest absolute Gasteiger partial charge is 0.238 e. The molecule has 0 atom stereocenters. The molecule has 0 saturated carbocycles. The molecule has 6 heteroatoms. The van der Waals surface area contributed by atoms with Crippen molar-refractivity contribution in [1.29, 1.82) is 0 Å². The summed E-state index contributed by atoms with van der Waals surface area (Å²) in [4.78, 5) is 0.0941. The van der Waals surface area contributed by atoms with Crippen molar-refractivity contribution in [3.63, 3.8) is 0 Å².